The molecule has 29 heavy (non-hydrogen) atoms. The van der Waals surface area contributed by atoms with Crippen molar-refractivity contribution in [2.75, 3.05) is 5.32 Å². The van der Waals surface area contributed by atoms with Crippen LogP contribution in [0.4, 0.5) is 10.1 Å². The molecule has 2 aromatic carbocycles. The first-order chi connectivity index (χ1) is 14.1. The molecule has 2 heterocycles. The summed E-state index contributed by atoms with van der Waals surface area (Å²) in [7, 11) is 0. The average molecular weight is 394 g/mol. The third-order valence-electron chi connectivity index (χ3n) is 4.70. The highest BCUT2D eigenvalue weighted by molar-refractivity contribution is 5.90. The maximum absolute atomic E-state index is 14.3. The molecule has 0 unspecified atom stereocenters. The van der Waals surface area contributed by atoms with Crippen LogP contribution in [0.15, 0.2) is 59.9 Å². The quantitative estimate of drug-likeness (QED) is 0.545. The molecule has 2 aromatic heterocycles. The van der Waals surface area contributed by atoms with E-state index in [1.54, 1.807) is 15.2 Å². The second kappa shape index (κ2) is 7.70. The topological polar surface area (TPSA) is 86.7 Å². The average Bonchev–Trinajstić information content (AvgIpc) is 3.32. The summed E-state index contributed by atoms with van der Waals surface area (Å²) in [5.74, 6) is -0.839. The molecule has 0 radical (unpaired) electrons. The van der Waals surface area contributed by atoms with Gasteiger partial charge in [0.1, 0.15) is 18.3 Å². The predicted octanol–water partition coefficient (Wildman–Crippen LogP) is 2.57. The van der Waals surface area contributed by atoms with Crippen LogP contribution in [0, 0.1) is 5.82 Å². The van der Waals surface area contributed by atoms with E-state index in [-0.39, 0.29) is 30.2 Å². The Morgan fingerprint density at radius 2 is 1.90 bits per heavy atom. The third-order valence-corrected chi connectivity index (χ3v) is 4.70. The molecule has 0 atom stereocenters. The molecule has 0 spiro atoms. The van der Waals surface area contributed by atoms with E-state index < -0.39 is 5.82 Å². The summed E-state index contributed by atoms with van der Waals surface area (Å²) >= 11 is 0. The zero-order valence-corrected chi connectivity index (χ0v) is 15.7. The zero-order chi connectivity index (χ0) is 20.4. The van der Waals surface area contributed by atoms with Gasteiger partial charge in [0.25, 0.3) is 0 Å². The van der Waals surface area contributed by atoms with Crippen LogP contribution < -0.4 is 11.0 Å². The molecule has 1 amide bonds. The van der Waals surface area contributed by atoms with Gasteiger partial charge in [-0.05, 0) is 37.3 Å². The Balaban J connectivity index is 1.48. The van der Waals surface area contributed by atoms with Gasteiger partial charge in [0, 0.05) is 25.2 Å². The Kier molecular flexibility index (Phi) is 4.94. The molecule has 8 nitrogen and oxygen atoms in total. The highest BCUT2D eigenvalue weighted by Gasteiger charge is 2.13. The maximum atomic E-state index is 14.3. The third kappa shape index (κ3) is 3.54. The lowest BCUT2D eigenvalue weighted by Gasteiger charge is -2.08. The Labute approximate surface area is 165 Å². The van der Waals surface area contributed by atoms with E-state index in [1.807, 2.05) is 31.2 Å². The van der Waals surface area contributed by atoms with E-state index in [4.69, 9.17) is 0 Å². The smallest absolute Gasteiger partial charge is 0.326 e. The van der Waals surface area contributed by atoms with E-state index in [9.17, 15) is 14.0 Å². The summed E-state index contributed by atoms with van der Waals surface area (Å²) < 4.78 is 18.9. The summed E-state index contributed by atoms with van der Waals surface area (Å²) in [6, 6.07) is 11.8. The SMILES string of the molecule is CCn1c(=O)n(CCC(=O)Nc2ccc(-n3cncn3)c(F)c2)c2ccccc21. The molecule has 0 saturated heterocycles. The number of halogens is 1. The van der Waals surface area contributed by atoms with E-state index in [0.29, 0.717) is 12.2 Å². The van der Waals surface area contributed by atoms with E-state index in [0.717, 1.165) is 11.0 Å². The first-order valence-electron chi connectivity index (χ1n) is 9.21. The number of fused-ring (bicyclic) bond motifs is 1. The van der Waals surface area contributed by atoms with Gasteiger partial charge in [0.05, 0.1) is 11.0 Å². The molecule has 9 heteroatoms. The van der Waals surface area contributed by atoms with Crippen LogP contribution in [0.5, 0.6) is 0 Å². The van der Waals surface area contributed by atoms with Crippen LogP contribution in [0.3, 0.4) is 0 Å². The molecule has 148 valence electrons. The predicted molar refractivity (Wildman–Crippen MR) is 106 cm³/mol. The van der Waals surface area contributed by atoms with Gasteiger partial charge >= 0.3 is 5.69 Å². The number of benzene rings is 2. The minimum absolute atomic E-state index is 0.0874. The van der Waals surface area contributed by atoms with Crippen LogP contribution >= 0.6 is 0 Å². The molecule has 4 rings (SSSR count). The van der Waals surface area contributed by atoms with Crippen molar-refractivity contribution >= 4 is 22.6 Å². The van der Waals surface area contributed by atoms with Crippen molar-refractivity contribution in [2.24, 2.45) is 0 Å². The number of amides is 1. The van der Waals surface area contributed by atoms with Crippen molar-refractivity contribution in [3.05, 3.63) is 71.4 Å². The standard InChI is InChI=1S/C20H19FN6O2/c1-2-25-17-5-3-4-6-18(17)26(20(25)29)10-9-19(28)24-14-7-8-16(15(21)11-14)27-13-22-12-23-27/h3-8,11-13H,2,9-10H2,1H3,(H,24,28). The zero-order valence-electron chi connectivity index (χ0n) is 15.7. The number of hydrogen-bond donors (Lipinski definition) is 1. The minimum Gasteiger partial charge on any atom is -0.326 e. The Bertz CT molecular complexity index is 1230. The van der Waals surface area contributed by atoms with Crippen molar-refractivity contribution in [1.29, 1.82) is 0 Å². The fraction of sp³-hybridized carbons (Fsp3) is 0.200. The number of carbonyl (C=O) groups is 1. The molecule has 1 N–H and O–H groups in total. The summed E-state index contributed by atoms with van der Waals surface area (Å²) in [6.07, 6.45) is 2.79. The van der Waals surface area contributed by atoms with Crippen molar-refractivity contribution in [2.45, 2.75) is 26.4 Å². The number of rotatable bonds is 6. The molecule has 0 saturated carbocycles. The molecule has 4 aromatic rings. The lowest BCUT2D eigenvalue weighted by molar-refractivity contribution is -0.116. The van der Waals surface area contributed by atoms with Gasteiger partial charge in [-0.3, -0.25) is 13.9 Å². The number of imidazole rings is 1. The number of hydrogen-bond acceptors (Lipinski definition) is 4. The maximum Gasteiger partial charge on any atom is 0.329 e. The van der Waals surface area contributed by atoms with E-state index >= 15 is 0 Å². The number of aromatic nitrogens is 5. The lowest BCUT2D eigenvalue weighted by atomic mass is 10.2. The van der Waals surface area contributed by atoms with Crippen LogP contribution in [-0.2, 0) is 17.9 Å². The molecule has 0 aliphatic carbocycles. The van der Waals surface area contributed by atoms with Crippen molar-refractivity contribution < 1.29 is 9.18 Å². The van der Waals surface area contributed by atoms with E-state index in [1.165, 1.54) is 29.5 Å². The van der Waals surface area contributed by atoms with Crippen molar-refractivity contribution in [3.63, 3.8) is 0 Å². The highest BCUT2D eigenvalue weighted by atomic mass is 19.1. The first-order valence-corrected chi connectivity index (χ1v) is 9.21. The second-order valence-electron chi connectivity index (χ2n) is 6.47. The van der Waals surface area contributed by atoms with Gasteiger partial charge < -0.3 is 5.32 Å². The van der Waals surface area contributed by atoms with Gasteiger partial charge in [0.2, 0.25) is 5.91 Å². The van der Waals surface area contributed by atoms with Gasteiger partial charge in [0.15, 0.2) is 5.82 Å². The van der Waals surface area contributed by atoms with Gasteiger partial charge in [-0.1, -0.05) is 12.1 Å². The Hall–Kier alpha value is -3.75. The first kappa shape index (κ1) is 18.6. The lowest BCUT2D eigenvalue weighted by Crippen LogP contribution is -2.25. The van der Waals surface area contributed by atoms with Crippen LogP contribution in [0.25, 0.3) is 16.7 Å². The number of carbonyl (C=O) groups excluding carboxylic acids is 1. The number of aryl methyl sites for hydroxylation is 2. The molecule has 0 bridgehead atoms. The fourth-order valence-corrected chi connectivity index (χ4v) is 3.33. The molecule has 0 aliphatic heterocycles. The summed E-state index contributed by atoms with van der Waals surface area (Å²) in [6.45, 7) is 2.69. The normalized spacial score (nSPS) is 11.1. The number of nitrogens with zero attached hydrogens (tertiary/aromatic N) is 5. The van der Waals surface area contributed by atoms with Gasteiger partial charge in [-0.25, -0.2) is 18.9 Å². The summed E-state index contributed by atoms with van der Waals surface area (Å²) in [5, 5.41) is 6.55. The largest absolute Gasteiger partial charge is 0.329 e. The molecular weight excluding hydrogens is 375 g/mol. The molecular formula is C20H19FN6O2. The molecule has 0 fully saturated rings. The van der Waals surface area contributed by atoms with Gasteiger partial charge in [-0.2, -0.15) is 5.10 Å². The van der Waals surface area contributed by atoms with Gasteiger partial charge in [-0.15, -0.1) is 0 Å². The second-order valence-corrected chi connectivity index (χ2v) is 6.47. The van der Waals surface area contributed by atoms with E-state index in [2.05, 4.69) is 15.4 Å². The van der Waals surface area contributed by atoms with Crippen LogP contribution in [0.1, 0.15) is 13.3 Å². The number of nitrogens with one attached hydrogen (secondary N) is 1. The Morgan fingerprint density at radius 3 is 2.55 bits per heavy atom. The van der Waals surface area contributed by atoms with Crippen molar-refractivity contribution in [3.8, 4) is 5.69 Å². The number of para-hydroxylation sites is 2. The summed E-state index contributed by atoms with van der Waals surface area (Å²) in [4.78, 5) is 28.8. The molecule has 0 aliphatic rings. The summed E-state index contributed by atoms with van der Waals surface area (Å²) in [5.41, 5.74) is 2.05. The number of anilines is 1. The van der Waals surface area contributed by atoms with Crippen LogP contribution in [0.2, 0.25) is 0 Å². The fourth-order valence-electron chi connectivity index (χ4n) is 3.33. The minimum atomic E-state index is -0.532. The highest BCUT2D eigenvalue weighted by Crippen LogP contribution is 2.18. The van der Waals surface area contributed by atoms with Crippen molar-refractivity contribution in [1.82, 2.24) is 23.9 Å². The monoisotopic (exact) mass is 394 g/mol. The van der Waals surface area contributed by atoms with Crippen LogP contribution in [-0.4, -0.2) is 29.8 Å². The Morgan fingerprint density at radius 1 is 1.14 bits per heavy atom.